The maximum Gasteiger partial charge on any atom is 0.193 e. The maximum atomic E-state index is 4.47. The quantitative estimate of drug-likeness (QED) is 0.397. The highest BCUT2D eigenvalue weighted by atomic mass is 127. The predicted octanol–water partition coefficient (Wildman–Crippen LogP) is 3.63. The summed E-state index contributed by atoms with van der Waals surface area (Å²) >= 11 is 1.77. The van der Waals surface area contributed by atoms with Gasteiger partial charge in [0.1, 0.15) is 0 Å². The van der Waals surface area contributed by atoms with Crippen molar-refractivity contribution in [1.29, 1.82) is 0 Å². The first-order valence-electron chi connectivity index (χ1n) is 9.26. The molecule has 2 aromatic rings. The van der Waals surface area contributed by atoms with Gasteiger partial charge in [-0.15, -0.1) is 35.3 Å². The van der Waals surface area contributed by atoms with Crippen LogP contribution in [0.25, 0.3) is 0 Å². The highest BCUT2D eigenvalue weighted by molar-refractivity contribution is 14.0. The van der Waals surface area contributed by atoms with Crippen LogP contribution in [0.15, 0.2) is 29.4 Å². The SMILES string of the molecule is CN=C(NCCc1ncc(C)s1)N1CCN(c2cccc(C)c2C)CC1.I. The predicted molar refractivity (Wildman–Crippen MR) is 127 cm³/mol. The van der Waals surface area contributed by atoms with Gasteiger partial charge in [-0.25, -0.2) is 4.98 Å². The van der Waals surface area contributed by atoms with E-state index >= 15 is 0 Å². The van der Waals surface area contributed by atoms with Crippen molar-refractivity contribution < 1.29 is 0 Å². The Hall–Kier alpha value is -1.35. The van der Waals surface area contributed by atoms with Crippen LogP contribution in [0.3, 0.4) is 0 Å². The van der Waals surface area contributed by atoms with E-state index in [2.05, 4.69) is 64.1 Å². The van der Waals surface area contributed by atoms with Crippen molar-refractivity contribution in [2.45, 2.75) is 27.2 Å². The summed E-state index contributed by atoms with van der Waals surface area (Å²) in [6.45, 7) is 11.4. The van der Waals surface area contributed by atoms with Crippen LogP contribution in [0.2, 0.25) is 0 Å². The molecule has 1 aliphatic rings. The van der Waals surface area contributed by atoms with E-state index in [4.69, 9.17) is 0 Å². The van der Waals surface area contributed by atoms with Crippen LogP contribution in [0.4, 0.5) is 5.69 Å². The molecule has 0 saturated carbocycles. The van der Waals surface area contributed by atoms with Crippen LogP contribution >= 0.6 is 35.3 Å². The summed E-state index contributed by atoms with van der Waals surface area (Å²) in [4.78, 5) is 15.0. The minimum atomic E-state index is 0. The highest BCUT2D eigenvalue weighted by Crippen LogP contribution is 2.23. The second kappa shape index (κ2) is 10.3. The van der Waals surface area contributed by atoms with Crippen molar-refractivity contribution in [3.05, 3.63) is 45.4 Å². The summed E-state index contributed by atoms with van der Waals surface area (Å²) in [5.74, 6) is 0.999. The van der Waals surface area contributed by atoms with Crippen molar-refractivity contribution in [3.8, 4) is 0 Å². The molecule has 1 fully saturated rings. The number of thiazole rings is 1. The minimum Gasteiger partial charge on any atom is -0.368 e. The summed E-state index contributed by atoms with van der Waals surface area (Å²) in [5, 5.41) is 4.68. The number of aromatic nitrogens is 1. The average molecular weight is 499 g/mol. The molecule has 0 unspecified atom stereocenters. The van der Waals surface area contributed by atoms with E-state index < -0.39 is 0 Å². The Balaban J connectivity index is 0.00000261. The summed E-state index contributed by atoms with van der Waals surface area (Å²) < 4.78 is 0. The van der Waals surface area contributed by atoms with Crippen molar-refractivity contribution >= 4 is 47.0 Å². The number of guanidine groups is 1. The first kappa shape index (κ1) is 21.9. The van der Waals surface area contributed by atoms with E-state index in [1.807, 2.05) is 13.2 Å². The number of hydrogen-bond donors (Lipinski definition) is 1. The largest absolute Gasteiger partial charge is 0.368 e. The lowest BCUT2D eigenvalue weighted by atomic mass is 10.1. The van der Waals surface area contributed by atoms with Gasteiger partial charge in [-0.05, 0) is 38.0 Å². The number of hydrogen-bond acceptors (Lipinski definition) is 4. The third kappa shape index (κ3) is 5.57. The van der Waals surface area contributed by atoms with Gasteiger partial charge < -0.3 is 15.1 Å². The van der Waals surface area contributed by atoms with Crippen molar-refractivity contribution in [2.24, 2.45) is 4.99 Å². The molecule has 3 rings (SSSR count). The monoisotopic (exact) mass is 499 g/mol. The van der Waals surface area contributed by atoms with E-state index in [0.717, 1.165) is 45.1 Å². The zero-order valence-electron chi connectivity index (χ0n) is 16.7. The summed E-state index contributed by atoms with van der Waals surface area (Å²) in [7, 11) is 1.87. The Labute approximate surface area is 183 Å². The lowest BCUT2D eigenvalue weighted by molar-refractivity contribution is 0.372. The highest BCUT2D eigenvalue weighted by Gasteiger charge is 2.20. The fourth-order valence-corrected chi connectivity index (χ4v) is 4.15. The molecule has 0 amide bonds. The molecule has 7 heteroatoms. The van der Waals surface area contributed by atoms with E-state index in [1.165, 1.54) is 26.7 Å². The Morgan fingerprint density at radius 3 is 2.56 bits per heavy atom. The molecule has 0 radical (unpaired) electrons. The zero-order valence-corrected chi connectivity index (χ0v) is 19.8. The zero-order chi connectivity index (χ0) is 18.5. The van der Waals surface area contributed by atoms with Crippen LogP contribution in [-0.4, -0.2) is 55.6 Å². The molecule has 1 N–H and O–H groups in total. The Morgan fingerprint density at radius 2 is 1.93 bits per heavy atom. The molecular formula is C20H30IN5S. The molecule has 27 heavy (non-hydrogen) atoms. The number of aryl methyl sites for hydroxylation is 2. The molecule has 1 aromatic carbocycles. The van der Waals surface area contributed by atoms with Crippen molar-refractivity contribution in [1.82, 2.24) is 15.2 Å². The molecule has 0 spiro atoms. The van der Waals surface area contributed by atoms with Crippen LogP contribution in [0.5, 0.6) is 0 Å². The van der Waals surface area contributed by atoms with Gasteiger partial charge >= 0.3 is 0 Å². The van der Waals surface area contributed by atoms with Crippen LogP contribution in [-0.2, 0) is 6.42 Å². The molecule has 1 saturated heterocycles. The number of rotatable bonds is 4. The van der Waals surface area contributed by atoms with Crippen LogP contribution in [0.1, 0.15) is 21.0 Å². The maximum absolute atomic E-state index is 4.47. The van der Waals surface area contributed by atoms with Crippen LogP contribution in [0, 0.1) is 20.8 Å². The van der Waals surface area contributed by atoms with Gasteiger partial charge in [0.2, 0.25) is 0 Å². The van der Waals surface area contributed by atoms with E-state index in [-0.39, 0.29) is 24.0 Å². The second-order valence-corrected chi connectivity index (χ2v) is 8.10. The lowest BCUT2D eigenvalue weighted by Crippen LogP contribution is -2.53. The molecule has 5 nitrogen and oxygen atoms in total. The number of halogens is 1. The van der Waals surface area contributed by atoms with Gasteiger partial charge in [0.25, 0.3) is 0 Å². The van der Waals surface area contributed by atoms with Crippen molar-refractivity contribution in [2.75, 3.05) is 44.7 Å². The molecule has 0 bridgehead atoms. The van der Waals surface area contributed by atoms with Gasteiger partial charge in [-0.3, -0.25) is 4.99 Å². The standard InChI is InChI=1S/C20H29N5S.HI/c1-15-6-5-7-18(17(15)3)24-10-12-25(13-11-24)20(21-4)22-9-8-19-23-14-16(2)26-19;/h5-7,14H,8-13H2,1-4H3,(H,21,22);1H. The Morgan fingerprint density at radius 1 is 1.19 bits per heavy atom. The first-order valence-corrected chi connectivity index (χ1v) is 10.1. The Kier molecular flexibility index (Phi) is 8.34. The van der Waals surface area contributed by atoms with Gasteiger partial charge in [0, 0.05) is 63.0 Å². The van der Waals surface area contributed by atoms with Gasteiger partial charge in [-0.1, -0.05) is 12.1 Å². The topological polar surface area (TPSA) is 43.8 Å². The molecular weight excluding hydrogens is 469 g/mol. The molecule has 1 aliphatic heterocycles. The normalized spacial score (nSPS) is 14.9. The second-order valence-electron chi connectivity index (χ2n) is 6.78. The number of anilines is 1. The third-order valence-electron chi connectivity index (χ3n) is 5.00. The lowest BCUT2D eigenvalue weighted by Gasteiger charge is -2.38. The van der Waals surface area contributed by atoms with Crippen molar-refractivity contribution in [3.63, 3.8) is 0 Å². The number of nitrogens with zero attached hydrogens (tertiary/aromatic N) is 4. The number of nitrogens with one attached hydrogen (secondary N) is 1. The average Bonchev–Trinajstić information content (AvgIpc) is 3.07. The Bertz CT molecular complexity index is 765. The number of benzene rings is 1. The van der Waals surface area contributed by atoms with E-state index in [0.29, 0.717) is 0 Å². The summed E-state index contributed by atoms with van der Waals surface area (Å²) in [6.07, 6.45) is 2.89. The van der Waals surface area contributed by atoms with Crippen LogP contribution < -0.4 is 10.2 Å². The molecule has 148 valence electrons. The van der Waals surface area contributed by atoms with Gasteiger partial charge in [0.05, 0.1) is 5.01 Å². The molecule has 1 aromatic heterocycles. The number of piperazine rings is 1. The molecule has 2 heterocycles. The van der Waals surface area contributed by atoms with Gasteiger partial charge in [-0.2, -0.15) is 0 Å². The third-order valence-corrected chi connectivity index (χ3v) is 5.97. The summed E-state index contributed by atoms with van der Waals surface area (Å²) in [6, 6.07) is 6.58. The minimum absolute atomic E-state index is 0. The van der Waals surface area contributed by atoms with E-state index in [1.54, 1.807) is 11.3 Å². The smallest absolute Gasteiger partial charge is 0.193 e. The molecule has 0 atom stereocenters. The van der Waals surface area contributed by atoms with E-state index in [9.17, 15) is 0 Å². The molecule has 0 aliphatic carbocycles. The number of aliphatic imine (C=N–C) groups is 1. The first-order chi connectivity index (χ1) is 12.6. The van der Waals surface area contributed by atoms with Gasteiger partial charge in [0.15, 0.2) is 5.96 Å². The fourth-order valence-electron chi connectivity index (χ4n) is 3.37. The fraction of sp³-hybridized carbons (Fsp3) is 0.500. The summed E-state index contributed by atoms with van der Waals surface area (Å²) in [5.41, 5.74) is 4.12.